The van der Waals surface area contributed by atoms with Crippen LogP contribution in [0.3, 0.4) is 0 Å². The second-order valence-corrected chi connectivity index (χ2v) is 7.34. The molecule has 2 aromatic carbocycles. The van der Waals surface area contributed by atoms with Gasteiger partial charge in [-0.2, -0.15) is 0 Å². The summed E-state index contributed by atoms with van der Waals surface area (Å²) in [4.78, 5) is 5.88. The molecule has 1 fully saturated rings. The average molecular weight is 387 g/mol. The zero-order valence-electron chi connectivity index (χ0n) is 16.1. The van der Waals surface area contributed by atoms with Gasteiger partial charge in [0.2, 0.25) is 5.82 Å². The molecular formula is C22H23N6O+. The van der Waals surface area contributed by atoms with E-state index in [-0.39, 0.29) is 6.04 Å². The van der Waals surface area contributed by atoms with E-state index in [4.69, 9.17) is 4.74 Å². The van der Waals surface area contributed by atoms with Crippen molar-refractivity contribution in [3.05, 3.63) is 83.8 Å². The van der Waals surface area contributed by atoms with Crippen LogP contribution in [0.2, 0.25) is 0 Å². The number of hydrogen-bond donors (Lipinski definition) is 1. The van der Waals surface area contributed by atoms with Gasteiger partial charge in [0.15, 0.2) is 6.04 Å². The van der Waals surface area contributed by atoms with Crippen LogP contribution < -0.4 is 4.90 Å². The van der Waals surface area contributed by atoms with E-state index in [0.717, 1.165) is 43.0 Å². The minimum Gasteiger partial charge on any atom is -0.370 e. The minimum absolute atomic E-state index is 0.0437. The number of hydrogen-bond acceptors (Lipinski definition) is 5. The third kappa shape index (κ3) is 3.74. The lowest BCUT2D eigenvalue weighted by atomic mass is 10.0. The number of tetrazole rings is 1. The Morgan fingerprint density at radius 1 is 1.00 bits per heavy atom. The van der Waals surface area contributed by atoms with Gasteiger partial charge in [0.1, 0.15) is 13.1 Å². The average Bonchev–Trinajstić information content (AvgIpc) is 3.23. The number of morpholine rings is 1. The van der Waals surface area contributed by atoms with Crippen molar-refractivity contribution in [2.45, 2.75) is 12.6 Å². The smallest absolute Gasteiger partial charge is 0.214 e. The Hall–Kier alpha value is -3.16. The maximum atomic E-state index is 5.61. The van der Waals surface area contributed by atoms with E-state index >= 15 is 0 Å². The highest BCUT2D eigenvalue weighted by atomic mass is 16.5. The second-order valence-electron chi connectivity index (χ2n) is 7.34. The first-order valence-corrected chi connectivity index (χ1v) is 9.95. The van der Waals surface area contributed by atoms with Crippen molar-refractivity contribution >= 4 is 10.9 Å². The topological polar surface area (TPSA) is 70.2 Å². The number of nitrogens with zero attached hydrogens (tertiary/aromatic N) is 5. The fourth-order valence-corrected chi connectivity index (χ4v) is 4.05. The Morgan fingerprint density at radius 2 is 1.86 bits per heavy atom. The van der Waals surface area contributed by atoms with Gasteiger partial charge in [0, 0.05) is 17.1 Å². The molecule has 5 rings (SSSR count). The maximum absolute atomic E-state index is 5.61. The van der Waals surface area contributed by atoms with Gasteiger partial charge in [0.05, 0.1) is 25.3 Å². The quantitative estimate of drug-likeness (QED) is 0.559. The minimum atomic E-state index is 0.0437. The molecule has 0 bridgehead atoms. The summed E-state index contributed by atoms with van der Waals surface area (Å²) in [7, 11) is 0. The van der Waals surface area contributed by atoms with E-state index < -0.39 is 0 Å². The van der Waals surface area contributed by atoms with Crippen LogP contribution in [0.15, 0.2) is 66.9 Å². The van der Waals surface area contributed by atoms with Gasteiger partial charge < -0.3 is 9.64 Å². The van der Waals surface area contributed by atoms with Crippen LogP contribution in [-0.2, 0) is 11.3 Å². The Balaban J connectivity index is 1.57. The van der Waals surface area contributed by atoms with E-state index in [1.807, 2.05) is 35.1 Å². The van der Waals surface area contributed by atoms with Crippen LogP contribution in [0.25, 0.3) is 10.9 Å². The number of rotatable bonds is 5. The molecule has 0 aliphatic carbocycles. The van der Waals surface area contributed by atoms with E-state index in [9.17, 15) is 0 Å². The summed E-state index contributed by atoms with van der Waals surface area (Å²) in [6, 6.07) is 20.9. The van der Waals surface area contributed by atoms with Gasteiger partial charge in [-0.3, -0.25) is 4.98 Å². The number of benzene rings is 2. The van der Waals surface area contributed by atoms with Gasteiger partial charge >= 0.3 is 0 Å². The summed E-state index contributed by atoms with van der Waals surface area (Å²) in [5.41, 5.74) is 3.38. The first-order valence-electron chi connectivity index (χ1n) is 9.95. The zero-order valence-corrected chi connectivity index (χ0v) is 16.1. The molecule has 0 spiro atoms. The summed E-state index contributed by atoms with van der Waals surface area (Å²) >= 11 is 0. The van der Waals surface area contributed by atoms with Crippen molar-refractivity contribution in [3.63, 3.8) is 0 Å². The Kier molecular flexibility index (Phi) is 4.98. The highest BCUT2D eigenvalue weighted by Crippen LogP contribution is 2.22. The number of quaternary nitrogens is 1. The number of aromatic nitrogens is 5. The lowest BCUT2D eigenvalue weighted by molar-refractivity contribution is -0.933. The predicted molar refractivity (Wildman–Crippen MR) is 108 cm³/mol. The third-order valence-corrected chi connectivity index (χ3v) is 5.50. The first kappa shape index (κ1) is 17.9. The molecule has 0 amide bonds. The highest BCUT2D eigenvalue weighted by molar-refractivity contribution is 5.79. The van der Waals surface area contributed by atoms with Gasteiger partial charge in [0.25, 0.3) is 0 Å². The normalized spacial score (nSPS) is 16.1. The molecule has 146 valence electrons. The number of fused-ring (bicyclic) bond motifs is 1. The fourth-order valence-electron chi connectivity index (χ4n) is 4.05. The predicted octanol–water partition coefficient (Wildman–Crippen LogP) is 1.27. The summed E-state index contributed by atoms with van der Waals surface area (Å²) in [5, 5.41) is 13.9. The van der Waals surface area contributed by atoms with Crippen molar-refractivity contribution in [2.75, 3.05) is 26.3 Å². The number of nitrogens with one attached hydrogen (secondary N) is 1. The van der Waals surface area contributed by atoms with Crippen LogP contribution in [0.5, 0.6) is 0 Å². The summed E-state index contributed by atoms with van der Waals surface area (Å²) in [6.07, 6.45) is 1.83. The standard InChI is InChI=1S/C22H22N6O/c1-2-5-17(6-3-1)16-28-22(24-25-26-28)21(27-11-13-29-14-12-27)19-8-9-20-18(15-19)7-4-10-23-20/h1-10,15,21H,11-14,16H2/p+1/t21-/m0/s1. The van der Waals surface area contributed by atoms with Gasteiger partial charge in [-0.25, -0.2) is 4.68 Å². The number of pyridine rings is 1. The number of ether oxygens (including phenoxy) is 1. The van der Waals surface area contributed by atoms with Crippen LogP contribution in [0, 0.1) is 0 Å². The molecule has 1 aliphatic rings. The van der Waals surface area contributed by atoms with Crippen molar-refractivity contribution in [3.8, 4) is 0 Å². The molecule has 2 aromatic heterocycles. The molecule has 0 saturated carbocycles. The molecule has 7 nitrogen and oxygen atoms in total. The molecule has 4 aromatic rings. The molecule has 0 unspecified atom stereocenters. The molecule has 1 N–H and O–H groups in total. The third-order valence-electron chi connectivity index (χ3n) is 5.50. The lowest BCUT2D eigenvalue weighted by Crippen LogP contribution is -3.14. The van der Waals surface area contributed by atoms with E-state index in [1.54, 1.807) is 0 Å². The first-order chi connectivity index (χ1) is 14.4. The van der Waals surface area contributed by atoms with E-state index in [2.05, 4.69) is 56.9 Å². The fraction of sp³-hybridized carbons (Fsp3) is 0.273. The van der Waals surface area contributed by atoms with Gasteiger partial charge in [-0.15, -0.1) is 5.10 Å². The second kappa shape index (κ2) is 8.06. The van der Waals surface area contributed by atoms with Crippen molar-refractivity contribution < 1.29 is 9.64 Å². The van der Waals surface area contributed by atoms with E-state index in [0.29, 0.717) is 6.54 Å². The monoisotopic (exact) mass is 387 g/mol. The van der Waals surface area contributed by atoms with Gasteiger partial charge in [-0.1, -0.05) is 42.5 Å². The molecular weight excluding hydrogens is 364 g/mol. The molecule has 29 heavy (non-hydrogen) atoms. The SMILES string of the molecule is c1ccc(Cn2nnnc2[C@H](c2ccc3ncccc3c2)[NH+]2CCOCC2)cc1. The molecule has 0 radical (unpaired) electrons. The van der Waals surface area contributed by atoms with E-state index in [1.165, 1.54) is 16.0 Å². The molecule has 3 heterocycles. The summed E-state index contributed by atoms with van der Waals surface area (Å²) < 4.78 is 7.54. The Morgan fingerprint density at radius 3 is 2.72 bits per heavy atom. The van der Waals surface area contributed by atoms with Crippen LogP contribution in [0.1, 0.15) is 23.0 Å². The van der Waals surface area contributed by atoms with Crippen molar-refractivity contribution in [2.24, 2.45) is 0 Å². The molecule has 7 heteroatoms. The molecule has 1 saturated heterocycles. The summed E-state index contributed by atoms with van der Waals surface area (Å²) in [5.74, 6) is 0.883. The largest absolute Gasteiger partial charge is 0.370 e. The Labute approximate surface area is 168 Å². The van der Waals surface area contributed by atoms with Crippen LogP contribution in [-0.4, -0.2) is 51.5 Å². The molecule has 1 aliphatic heterocycles. The molecule has 1 atom stereocenters. The highest BCUT2D eigenvalue weighted by Gasteiger charge is 2.33. The van der Waals surface area contributed by atoms with Crippen molar-refractivity contribution in [1.29, 1.82) is 0 Å². The lowest BCUT2D eigenvalue weighted by Gasteiger charge is -2.31. The maximum Gasteiger partial charge on any atom is 0.214 e. The summed E-state index contributed by atoms with van der Waals surface area (Å²) in [6.45, 7) is 4.00. The Bertz CT molecular complexity index is 1090. The van der Waals surface area contributed by atoms with Crippen LogP contribution >= 0.6 is 0 Å². The zero-order chi connectivity index (χ0) is 19.5. The van der Waals surface area contributed by atoms with Gasteiger partial charge in [-0.05, 0) is 34.2 Å². The van der Waals surface area contributed by atoms with Crippen LogP contribution in [0.4, 0.5) is 0 Å². The van der Waals surface area contributed by atoms with Crippen molar-refractivity contribution in [1.82, 2.24) is 25.2 Å².